The van der Waals surface area contributed by atoms with E-state index in [1.165, 1.54) is 32.1 Å². The van der Waals surface area contributed by atoms with Gasteiger partial charge in [-0.25, -0.2) is 0 Å². The summed E-state index contributed by atoms with van der Waals surface area (Å²) in [6.45, 7) is 4.90. The van der Waals surface area contributed by atoms with Crippen molar-refractivity contribution in [2.24, 2.45) is 5.73 Å². The minimum absolute atomic E-state index is 0.128. The van der Waals surface area contributed by atoms with Gasteiger partial charge in [0.25, 0.3) is 0 Å². The SMILES string of the molecule is CCC(C)(N)COC1CCCCC1. The van der Waals surface area contributed by atoms with Gasteiger partial charge in [-0.15, -0.1) is 0 Å². The van der Waals surface area contributed by atoms with Crippen LogP contribution in [0.2, 0.25) is 0 Å². The summed E-state index contributed by atoms with van der Waals surface area (Å²) in [5.74, 6) is 0. The Hall–Kier alpha value is -0.0800. The number of hydrogen-bond donors (Lipinski definition) is 1. The Morgan fingerprint density at radius 3 is 2.46 bits per heavy atom. The zero-order valence-corrected chi connectivity index (χ0v) is 9.01. The highest BCUT2D eigenvalue weighted by molar-refractivity contribution is 4.77. The third-order valence-electron chi connectivity index (χ3n) is 3.01. The van der Waals surface area contributed by atoms with Crippen LogP contribution in [0.4, 0.5) is 0 Å². The quantitative estimate of drug-likeness (QED) is 0.730. The first-order valence-corrected chi connectivity index (χ1v) is 5.54. The number of ether oxygens (including phenoxy) is 1. The van der Waals surface area contributed by atoms with Crippen molar-refractivity contribution in [2.75, 3.05) is 6.61 Å². The normalized spacial score (nSPS) is 24.2. The highest BCUT2D eigenvalue weighted by Crippen LogP contribution is 2.21. The van der Waals surface area contributed by atoms with Crippen LogP contribution < -0.4 is 5.73 Å². The molecule has 0 saturated heterocycles. The number of hydrogen-bond acceptors (Lipinski definition) is 2. The molecule has 0 aromatic heterocycles. The van der Waals surface area contributed by atoms with Gasteiger partial charge in [0, 0.05) is 5.54 Å². The first kappa shape index (κ1) is 11.0. The first-order valence-electron chi connectivity index (χ1n) is 5.54. The van der Waals surface area contributed by atoms with Crippen LogP contribution >= 0.6 is 0 Å². The van der Waals surface area contributed by atoms with E-state index >= 15 is 0 Å². The fourth-order valence-electron chi connectivity index (χ4n) is 1.64. The van der Waals surface area contributed by atoms with E-state index in [0.29, 0.717) is 12.7 Å². The molecule has 2 N–H and O–H groups in total. The largest absolute Gasteiger partial charge is 0.376 e. The van der Waals surface area contributed by atoms with Crippen LogP contribution in [0.15, 0.2) is 0 Å². The van der Waals surface area contributed by atoms with Gasteiger partial charge in [-0.3, -0.25) is 0 Å². The number of rotatable bonds is 4. The Kier molecular flexibility index (Phi) is 4.20. The van der Waals surface area contributed by atoms with Gasteiger partial charge < -0.3 is 10.5 Å². The molecule has 2 nitrogen and oxygen atoms in total. The van der Waals surface area contributed by atoms with E-state index in [0.717, 1.165) is 6.42 Å². The molecule has 0 aromatic carbocycles. The van der Waals surface area contributed by atoms with Crippen molar-refractivity contribution in [1.29, 1.82) is 0 Å². The average Bonchev–Trinajstić information content (AvgIpc) is 2.17. The second-order valence-electron chi connectivity index (χ2n) is 4.58. The molecule has 0 spiro atoms. The molecule has 1 rings (SSSR count). The topological polar surface area (TPSA) is 35.2 Å². The van der Waals surface area contributed by atoms with E-state index in [2.05, 4.69) is 13.8 Å². The van der Waals surface area contributed by atoms with E-state index in [9.17, 15) is 0 Å². The second kappa shape index (κ2) is 4.97. The van der Waals surface area contributed by atoms with E-state index in [1.807, 2.05) is 0 Å². The summed E-state index contributed by atoms with van der Waals surface area (Å²) in [6.07, 6.45) is 7.99. The van der Waals surface area contributed by atoms with Crippen LogP contribution in [0.3, 0.4) is 0 Å². The van der Waals surface area contributed by atoms with Gasteiger partial charge in [0.1, 0.15) is 0 Å². The minimum Gasteiger partial charge on any atom is -0.376 e. The monoisotopic (exact) mass is 185 g/mol. The van der Waals surface area contributed by atoms with Crippen LogP contribution in [0, 0.1) is 0 Å². The van der Waals surface area contributed by atoms with Crippen molar-refractivity contribution in [3.8, 4) is 0 Å². The van der Waals surface area contributed by atoms with E-state index in [-0.39, 0.29) is 5.54 Å². The summed E-state index contributed by atoms with van der Waals surface area (Å²) in [5, 5.41) is 0. The third-order valence-corrected chi connectivity index (χ3v) is 3.01. The van der Waals surface area contributed by atoms with Gasteiger partial charge in [0.2, 0.25) is 0 Å². The van der Waals surface area contributed by atoms with Crippen molar-refractivity contribution in [3.05, 3.63) is 0 Å². The van der Waals surface area contributed by atoms with Gasteiger partial charge >= 0.3 is 0 Å². The summed E-state index contributed by atoms with van der Waals surface area (Å²) in [5.41, 5.74) is 5.88. The highest BCUT2D eigenvalue weighted by atomic mass is 16.5. The molecule has 0 heterocycles. The van der Waals surface area contributed by atoms with Crippen LogP contribution in [-0.2, 0) is 4.74 Å². The molecule has 0 aliphatic heterocycles. The summed E-state index contributed by atoms with van der Waals surface area (Å²) in [6, 6.07) is 0. The van der Waals surface area contributed by atoms with Crippen LogP contribution in [0.1, 0.15) is 52.4 Å². The first-order chi connectivity index (χ1) is 6.14. The summed E-state index contributed by atoms with van der Waals surface area (Å²) < 4.78 is 5.81. The average molecular weight is 185 g/mol. The minimum atomic E-state index is -0.128. The van der Waals surface area contributed by atoms with Crippen molar-refractivity contribution >= 4 is 0 Å². The molecule has 0 aromatic rings. The smallest absolute Gasteiger partial charge is 0.0647 e. The van der Waals surface area contributed by atoms with Gasteiger partial charge in [-0.2, -0.15) is 0 Å². The molecule has 78 valence electrons. The Labute approximate surface area is 81.8 Å². The standard InChI is InChI=1S/C11H23NO/c1-3-11(2,12)9-13-10-7-5-4-6-8-10/h10H,3-9,12H2,1-2H3. The van der Waals surface area contributed by atoms with Crippen LogP contribution in [-0.4, -0.2) is 18.2 Å². The Bertz CT molecular complexity index is 139. The Morgan fingerprint density at radius 2 is 1.92 bits per heavy atom. The summed E-state index contributed by atoms with van der Waals surface area (Å²) in [7, 11) is 0. The zero-order valence-electron chi connectivity index (χ0n) is 9.01. The van der Waals surface area contributed by atoms with Gasteiger partial charge in [-0.1, -0.05) is 26.2 Å². The molecule has 13 heavy (non-hydrogen) atoms. The molecule has 1 aliphatic rings. The fourth-order valence-corrected chi connectivity index (χ4v) is 1.64. The molecular weight excluding hydrogens is 162 g/mol. The molecule has 1 fully saturated rings. The molecule has 1 unspecified atom stereocenters. The molecule has 0 bridgehead atoms. The highest BCUT2D eigenvalue weighted by Gasteiger charge is 2.20. The van der Waals surface area contributed by atoms with Crippen molar-refractivity contribution in [1.82, 2.24) is 0 Å². The predicted octanol–water partition coefficient (Wildman–Crippen LogP) is 2.46. The lowest BCUT2D eigenvalue weighted by Gasteiger charge is -2.28. The van der Waals surface area contributed by atoms with Crippen molar-refractivity contribution in [3.63, 3.8) is 0 Å². The van der Waals surface area contributed by atoms with Gasteiger partial charge in [-0.05, 0) is 26.2 Å². The van der Waals surface area contributed by atoms with Gasteiger partial charge in [0.05, 0.1) is 12.7 Å². The number of nitrogens with two attached hydrogens (primary N) is 1. The molecule has 0 radical (unpaired) electrons. The molecule has 1 atom stereocenters. The Balaban J connectivity index is 2.17. The summed E-state index contributed by atoms with van der Waals surface area (Å²) in [4.78, 5) is 0. The van der Waals surface area contributed by atoms with Crippen molar-refractivity contribution in [2.45, 2.75) is 64.0 Å². The second-order valence-corrected chi connectivity index (χ2v) is 4.58. The maximum absolute atomic E-state index is 6.01. The lowest BCUT2D eigenvalue weighted by Crippen LogP contribution is -2.41. The third kappa shape index (κ3) is 4.10. The lowest BCUT2D eigenvalue weighted by molar-refractivity contribution is 0.00263. The van der Waals surface area contributed by atoms with Crippen molar-refractivity contribution < 1.29 is 4.74 Å². The maximum atomic E-state index is 6.01. The maximum Gasteiger partial charge on any atom is 0.0647 e. The van der Waals surface area contributed by atoms with E-state index in [4.69, 9.17) is 10.5 Å². The fraction of sp³-hybridized carbons (Fsp3) is 1.00. The predicted molar refractivity (Wildman–Crippen MR) is 55.7 cm³/mol. The lowest BCUT2D eigenvalue weighted by atomic mass is 9.97. The van der Waals surface area contributed by atoms with Crippen LogP contribution in [0.5, 0.6) is 0 Å². The molecule has 0 amide bonds. The summed E-state index contributed by atoms with van der Waals surface area (Å²) >= 11 is 0. The Morgan fingerprint density at radius 1 is 1.31 bits per heavy atom. The molecular formula is C11H23NO. The van der Waals surface area contributed by atoms with Gasteiger partial charge in [0.15, 0.2) is 0 Å². The molecule has 2 heteroatoms. The van der Waals surface area contributed by atoms with E-state index in [1.54, 1.807) is 0 Å². The van der Waals surface area contributed by atoms with E-state index < -0.39 is 0 Å². The molecule has 1 aliphatic carbocycles. The molecule has 1 saturated carbocycles. The zero-order chi connectivity index (χ0) is 9.73. The van der Waals surface area contributed by atoms with Crippen LogP contribution in [0.25, 0.3) is 0 Å².